The molecule has 2 heterocycles. The first-order chi connectivity index (χ1) is 21.9. The number of likely N-dealkylation sites (tertiary alicyclic amines) is 1. The Morgan fingerprint density at radius 3 is 1.82 bits per heavy atom. The van der Waals surface area contributed by atoms with E-state index in [1.807, 2.05) is 53.4 Å². The lowest BCUT2D eigenvalue weighted by molar-refractivity contribution is -0.138. The maximum absolute atomic E-state index is 14.2. The van der Waals surface area contributed by atoms with Crippen LogP contribution in [0.4, 0.5) is 0 Å². The first kappa shape index (κ1) is 30.7. The van der Waals surface area contributed by atoms with Crippen LogP contribution in [0.3, 0.4) is 0 Å². The van der Waals surface area contributed by atoms with Crippen LogP contribution in [0.5, 0.6) is 0 Å². The van der Waals surface area contributed by atoms with Crippen molar-refractivity contribution in [3.63, 3.8) is 0 Å². The number of rotatable bonds is 9. The maximum Gasteiger partial charge on any atom is 0.245 e. The van der Waals surface area contributed by atoms with Crippen LogP contribution < -0.4 is 21.7 Å². The van der Waals surface area contributed by atoms with Crippen molar-refractivity contribution in [2.75, 3.05) is 26.2 Å². The Balaban J connectivity index is 1.26. The number of carbonyl (C=O) groups is 3. The van der Waals surface area contributed by atoms with E-state index in [0.717, 1.165) is 71.4 Å². The molecule has 0 aliphatic carbocycles. The van der Waals surface area contributed by atoms with E-state index in [-0.39, 0.29) is 29.7 Å². The van der Waals surface area contributed by atoms with Crippen molar-refractivity contribution < 1.29 is 14.4 Å². The van der Waals surface area contributed by atoms with Gasteiger partial charge in [0.25, 0.3) is 0 Å². The van der Waals surface area contributed by atoms with E-state index in [4.69, 9.17) is 5.73 Å². The number of hydrogen-bond acceptors (Lipinski definition) is 5. The van der Waals surface area contributed by atoms with E-state index in [1.165, 1.54) is 0 Å². The second-order valence-electron chi connectivity index (χ2n) is 12.6. The number of carbonyl (C=O) groups excluding carboxylic acids is 3. The first-order valence-corrected chi connectivity index (χ1v) is 16.2. The molecule has 45 heavy (non-hydrogen) atoms. The predicted molar refractivity (Wildman–Crippen MR) is 179 cm³/mol. The summed E-state index contributed by atoms with van der Waals surface area (Å²) in [5.41, 5.74) is 8.04. The SMILES string of the molecule is NC1CCN(C(=O)[C@@H](Cc2ccc3ccccc3c2)NC(=O)[C@@H](Cc2ccc3ccccc3c2)NC(=O)C2CCNCC2)CC1. The summed E-state index contributed by atoms with van der Waals surface area (Å²) in [5, 5.41) is 13.9. The van der Waals surface area contributed by atoms with E-state index in [1.54, 1.807) is 0 Å². The van der Waals surface area contributed by atoms with Gasteiger partial charge < -0.3 is 26.6 Å². The van der Waals surface area contributed by atoms with E-state index < -0.39 is 12.1 Å². The predicted octanol–water partition coefficient (Wildman–Crippen LogP) is 3.70. The molecule has 234 valence electrons. The summed E-state index contributed by atoms with van der Waals surface area (Å²) in [6.45, 7) is 2.69. The normalized spacial score (nSPS) is 17.6. The van der Waals surface area contributed by atoms with Crippen molar-refractivity contribution in [1.82, 2.24) is 20.9 Å². The lowest BCUT2D eigenvalue weighted by Gasteiger charge is -2.34. The molecule has 0 spiro atoms. The zero-order valence-corrected chi connectivity index (χ0v) is 25.7. The van der Waals surface area contributed by atoms with Gasteiger partial charge in [0.1, 0.15) is 12.1 Å². The maximum atomic E-state index is 14.2. The van der Waals surface area contributed by atoms with Gasteiger partial charge in [-0.15, -0.1) is 0 Å². The van der Waals surface area contributed by atoms with Crippen LogP contribution in [-0.4, -0.2) is 66.9 Å². The molecule has 2 aliphatic heterocycles. The lowest BCUT2D eigenvalue weighted by Crippen LogP contribution is -2.57. The third kappa shape index (κ3) is 7.70. The van der Waals surface area contributed by atoms with Crippen LogP contribution in [0.1, 0.15) is 36.8 Å². The Morgan fingerprint density at radius 2 is 1.24 bits per heavy atom. The van der Waals surface area contributed by atoms with Crippen LogP contribution in [0.2, 0.25) is 0 Å². The number of nitrogens with one attached hydrogen (secondary N) is 3. The van der Waals surface area contributed by atoms with Crippen molar-refractivity contribution in [3.8, 4) is 0 Å². The van der Waals surface area contributed by atoms with E-state index in [2.05, 4.69) is 52.3 Å². The van der Waals surface area contributed by atoms with E-state index in [9.17, 15) is 14.4 Å². The average Bonchev–Trinajstić information content (AvgIpc) is 3.08. The van der Waals surface area contributed by atoms with Gasteiger partial charge in [-0.3, -0.25) is 14.4 Å². The Labute approximate surface area is 264 Å². The fraction of sp³-hybridized carbons (Fsp3) is 0.378. The lowest BCUT2D eigenvalue weighted by atomic mass is 9.95. The molecule has 2 saturated heterocycles. The average molecular weight is 606 g/mol. The molecule has 0 aromatic heterocycles. The summed E-state index contributed by atoms with van der Waals surface area (Å²) in [7, 11) is 0. The van der Waals surface area contributed by atoms with Crippen LogP contribution in [0.15, 0.2) is 84.9 Å². The highest BCUT2D eigenvalue weighted by Gasteiger charge is 2.32. The summed E-state index contributed by atoms with van der Waals surface area (Å²) in [6.07, 6.45) is 3.61. The van der Waals surface area contributed by atoms with Gasteiger partial charge in [-0.2, -0.15) is 0 Å². The minimum absolute atomic E-state index is 0.0825. The van der Waals surface area contributed by atoms with E-state index >= 15 is 0 Å². The summed E-state index contributed by atoms with van der Waals surface area (Å²) in [5.74, 6) is -0.721. The van der Waals surface area contributed by atoms with Gasteiger partial charge in [-0.25, -0.2) is 0 Å². The molecule has 6 rings (SSSR count). The number of amides is 3. The van der Waals surface area contributed by atoms with Gasteiger partial charge in [-0.05, 0) is 71.4 Å². The van der Waals surface area contributed by atoms with E-state index in [0.29, 0.717) is 25.9 Å². The second-order valence-corrected chi connectivity index (χ2v) is 12.6. The third-order valence-corrected chi connectivity index (χ3v) is 9.32. The Morgan fingerprint density at radius 1 is 0.711 bits per heavy atom. The highest BCUT2D eigenvalue weighted by Crippen LogP contribution is 2.20. The molecule has 8 heteroatoms. The quantitative estimate of drug-likeness (QED) is 0.232. The minimum Gasteiger partial charge on any atom is -0.344 e. The van der Waals surface area contributed by atoms with Gasteiger partial charge in [-0.1, -0.05) is 84.9 Å². The van der Waals surface area contributed by atoms with Crippen LogP contribution in [-0.2, 0) is 27.2 Å². The fourth-order valence-electron chi connectivity index (χ4n) is 6.60. The van der Waals surface area contributed by atoms with Crippen LogP contribution >= 0.6 is 0 Å². The van der Waals surface area contributed by atoms with Crippen molar-refractivity contribution in [2.45, 2.75) is 56.7 Å². The number of hydrogen-bond donors (Lipinski definition) is 4. The van der Waals surface area contributed by atoms with Crippen LogP contribution in [0, 0.1) is 5.92 Å². The molecule has 2 atom stereocenters. The topological polar surface area (TPSA) is 117 Å². The second kappa shape index (κ2) is 14.2. The van der Waals surface area contributed by atoms with Crippen LogP contribution in [0.25, 0.3) is 21.5 Å². The molecule has 0 radical (unpaired) electrons. The van der Waals surface area contributed by atoms with Gasteiger partial charge in [0.05, 0.1) is 0 Å². The molecule has 0 saturated carbocycles. The molecular weight excluding hydrogens is 562 g/mol. The minimum atomic E-state index is -0.824. The summed E-state index contributed by atoms with van der Waals surface area (Å²) >= 11 is 0. The molecule has 4 aromatic carbocycles. The largest absolute Gasteiger partial charge is 0.344 e. The number of fused-ring (bicyclic) bond motifs is 2. The molecule has 3 amide bonds. The fourth-order valence-corrected chi connectivity index (χ4v) is 6.60. The highest BCUT2D eigenvalue weighted by molar-refractivity contribution is 5.93. The molecule has 2 fully saturated rings. The molecular formula is C37H43N5O3. The Kier molecular flexibility index (Phi) is 9.72. The Bertz CT molecular complexity index is 1660. The van der Waals surface area contributed by atoms with Crippen molar-refractivity contribution in [2.24, 2.45) is 11.7 Å². The molecule has 0 unspecified atom stereocenters. The summed E-state index contributed by atoms with van der Waals surface area (Å²) in [6, 6.07) is 27.0. The number of nitrogens with zero attached hydrogens (tertiary/aromatic N) is 1. The standard InChI is InChI=1S/C37H43N5O3/c38-32-15-19-42(20-16-32)37(45)34(24-26-10-12-28-6-2-4-8-31(28)22-26)41-36(44)33(40-35(43)29-13-17-39-18-14-29)23-25-9-11-27-5-1-3-7-30(27)21-25/h1-12,21-22,29,32-34,39H,13-20,23-24,38H2,(H,40,43)(H,41,44)/t33-,34-/m1/s1. The first-order valence-electron chi connectivity index (χ1n) is 16.2. The number of benzene rings is 4. The summed E-state index contributed by atoms with van der Waals surface area (Å²) in [4.78, 5) is 43.4. The molecule has 0 bridgehead atoms. The monoisotopic (exact) mass is 605 g/mol. The molecule has 8 nitrogen and oxygen atoms in total. The van der Waals surface area contributed by atoms with Gasteiger partial charge >= 0.3 is 0 Å². The molecule has 5 N–H and O–H groups in total. The number of piperidine rings is 2. The van der Waals surface area contributed by atoms with Gasteiger partial charge in [0.2, 0.25) is 17.7 Å². The molecule has 2 aliphatic rings. The highest BCUT2D eigenvalue weighted by atomic mass is 16.2. The third-order valence-electron chi connectivity index (χ3n) is 9.32. The van der Waals surface area contributed by atoms with Gasteiger partial charge in [0, 0.05) is 37.9 Å². The van der Waals surface area contributed by atoms with Crippen molar-refractivity contribution in [3.05, 3.63) is 96.1 Å². The zero-order chi connectivity index (χ0) is 31.2. The summed E-state index contributed by atoms with van der Waals surface area (Å²) < 4.78 is 0. The number of nitrogens with two attached hydrogens (primary N) is 1. The molecule has 4 aromatic rings. The Hall–Kier alpha value is -4.27. The van der Waals surface area contributed by atoms with Gasteiger partial charge in [0.15, 0.2) is 0 Å². The zero-order valence-electron chi connectivity index (χ0n) is 25.7. The van der Waals surface area contributed by atoms with Crippen molar-refractivity contribution >= 4 is 39.3 Å². The van der Waals surface area contributed by atoms with Crippen molar-refractivity contribution in [1.29, 1.82) is 0 Å². The smallest absolute Gasteiger partial charge is 0.245 e.